The van der Waals surface area contributed by atoms with Gasteiger partial charge in [0.05, 0.1) is 33.1 Å². The Kier molecular flexibility index (Phi) is 3.19. The molecule has 0 aliphatic carbocycles. The number of benzene rings is 4. The summed E-state index contributed by atoms with van der Waals surface area (Å²) in [7, 11) is 0. The SMILES string of the molecule is Cc1ccc2c3c(C)c(C)cc4c3n(c2c1)c1cc(C)c(C)c2c3ccc(C)cc3n4c21. The molecule has 4 aromatic carbocycles. The van der Waals surface area contributed by atoms with Gasteiger partial charge < -0.3 is 8.80 Å². The first-order chi connectivity index (χ1) is 15.4. The summed E-state index contributed by atoms with van der Waals surface area (Å²) in [4.78, 5) is 0. The molecule has 3 heterocycles. The highest BCUT2D eigenvalue weighted by Gasteiger charge is 2.24. The van der Waals surface area contributed by atoms with Crippen LogP contribution in [0, 0.1) is 41.5 Å². The second-order valence-corrected chi connectivity index (χ2v) is 9.83. The minimum absolute atomic E-state index is 1.30. The summed E-state index contributed by atoms with van der Waals surface area (Å²) in [6.07, 6.45) is 0. The fourth-order valence-electron chi connectivity index (χ4n) is 6.04. The molecule has 0 saturated heterocycles. The highest BCUT2D eigenvalue weighted by molar-refractivity contribution is 6.23. The Morgan fingerprint density at radius 3 is 1.28 bits per heavy atom. The Morgan fingerprint density at radius 2 is 0.875 bits per heavy atom. The lowest BCUT2D eigenvalue weighted by Crippen LogP contribution is -2.00. The Labute approximate surface area is 187 Å². The molecular formula is C30H26N2. The number of fused-ring (bicyclic) bond motifs is 8. The smallest absolute Gasteiger partial charge is 0.0786 e. The molecule has 0 N–H and O–H groups in total. The molecule has 3 aromatic heterocycles. The van der Waals surface area contributed by atoms with Gasteiger partial charge in [-0.05, 0) is 99.2 Å². The van der Waals surface area contributed by atoms with Crippen LogP contribution in [0.4, 0.5) is 0 Å². The van der Waals surface area contributed by atoms with E-state index in [9.17, 15) is 0 Å². The van der Waals surface area contributed by atoms with Crippen LogP contribution in [0.1, 0.15) is 33.4 Å². The zero-order valence-corrected chi connectivity index (χ0v) is 19.5. The molecule has 156 valence electrons. The van der Waals surface area contributed by atoms with Crippen LogP contribution >= 0.6 is 0 Å². The van der Waals surface area contributed by atoms with Crippen molar-refractivity contribution in [2.75, 3.05) is 0 Å². The van der Waals surface area contributed by atoms with Crippen LogP contribution in [0.5, 0.6) is 0 Å². The van der Waals surface area contributed by atoms with Crippen LogP contribution in [0.3, 0.4) is 0 Å². The third kappa shape index (κ3) is 1.93. The van der Waals surface area contributed by atoms with Gasteiger partial charge in [0.25, 0.3) is 0 Å². The van der Waals surface area contributed by atoms with E-state index in [1.54, 1.807) is 0 Å². The molecule has 2 nitrogen and oxygen atoms in total. The zero-order valence-electron chi connectivity index (χ0n) is 19.5. The van der Waals surface area contributed by atoms with Crippen molar-refractivity contribution in [2.24, 2.45) is 0 Å². The number of hydrogen-bond donors (Lipinski definition) is 0. The number of hydrogen-bond acceptors (Lipinski definition) is 0. The quantitative estimate of drug-likeness (QED) is 0.222. The molecule has 0 atom stereocenters. The predicted molar refractivity (Wildman–Crippen MR) is 138 cm³/mol. The highest BCUT2D eigenvalue weighted by Crippen LogP contribution is 2.44. The highest BCUT2D eigenvalue weighted by atomic mass is 15.0. The van der Waals surface area contributed by atoms with Crippen molar-refractivity contribution in [3.05, 3.63) is 81.9 Å². The minimum atomic E-state index is 1.30. The van der Waals surface area contributed by atoms with E-state index in [0.29, 0.717) is 0 Å². The molecule has 0 saturated carbocycles. The van der Waals surface area contributed by atoms with E-state index in [1.807, 2.05) is 0 Å². The summed E-state index contributed by atoms with van der Waals surface area (Å²) in [6.45, 7) is 13.5. The van der Waals surface area contributed by atoms with Crippen molar-refractivity contribution in [2.45, 2.75) is 41.5 Å². The van der Waals surface area contributed by atoms with Gasteiger partial charge in [-0.2, -0.15) is 0 Å². The minimum Gasteiger partial charge on any atom is -0.305 e. The molecule has 0 radical (unpaired) electrons. The fourth-order valence-corrected chi connectivity index (χ4v) is 6.04. The van der Waals surface area contributed by atoms with Gasteiger partial charge in [-0.1, -0.05) is 24.3 Å². The first-order valence-electron chi connectivity index (χ1n) is 11.5. The largest absolute Gasteiger partial charge is 0.305 e. The summed E-state index contributed by atoms with van der Waals surface area (Å²) in [6, 6.07) is 18.7. The summed E-state index contributed by atoms with van der Waals surface area (Å²) in [5.74, 6) is 0. The van der Waals surface area contributed by atoms with Crippen LogP contribution in [0.15, 0.2) is 48.5 Å². The monoisotopic (exact) mass is 414 g/mol. The molecule has 0 fully saturated rings. The van der Waals surface area contributed by atoms with E-state index in [4.69, 9.17) is 0 Å². The van der Waals surface area contributed by atoms with Crippen LogP contribution in [-0.4, -0.2) is 8.80 Å². The topological polar surface area (TPSA) is 8.82 Å². The van der Waals surface area contributed by atoms with Gasteiger partial charge in [-0.3, -0.25) is 0 Å². The summed E-state index contributed by atoms with van der Waals surface area (Å²) in [5, 5.41) is 5.49. The van der Waals surface area contributed by atoms with Gasteiger partial charge in [-0.25, -0.2) is 0 Å². The zero-order chi connectivity index (χ0) is 22.0. The maximum atomic E-state index is 2.54. The van der Waals surface area contributed by atoms with Gasteiger partial charge in [0.15, 0.2) is 0 Å². The third-order valence-corrected chi connectivity index (χ3v) is 7.85. The average Bonchev–Trinajstić information content (AvgIpc) is 3.27. The lowest BCUT2D eigenvalue weighted by molar-refractivity contribution is 1.23. The normalized spacial score (nSPS) is 12.7. The van der Waals surface area contributed by atoms with Gasteiger partial charge >= 0.3 is 0 Å². The second kappa shape index (κ2) is 5.63. The number of rotatable bonds is 0. The van der Waals surface area contributed by atoms with Crippen molar-refractivity contribution in [3.8, 4) is 0 Å². The molecule has 7 aromatic rings. The Balaban J connectivity index is 2.00. The molecule has 0 amide bonds. The van der Waals surface area contributed by atoms with Gasteiger partial charge in [-0.15, -0.1) is 0 Å². The van der Waals surface area contributed by atoms with E-state index in [1.165, 1.54) is 88.0 Å². The number of aromatic nitrogens is 2. The molecule has 2 heteroatoms. The van der Waals surface area contributed by atoms with Crippen molar-refractivity contribution < 1.29 is 0 Å². The van der Waals surface area contributed by atoms with E-state index >= 15 is 0 Å². The summed E-state index contributed by atoms with van der Waals surface area (Å²) < 4.78 is 5.08. The molecule has 0 aliphatic heterocycles. The fraction of sp³-hybridized carbons (Fsp3) is 0.200. The summed E-state index contributed by atoms with van der Waals surface area (Å²) in [5.41, 5.74) is 16.0. The van der Waals surface area contributed by atoms with E-state index in [0.717, 1.165) is 0 Å². The third-order valence-electron chi connectivity index (χ3n) is 7.85. The molecule has 0 bridgehead atoms. The Bertz CT molecular complexity index is 1780. The lowest BCUT2D eigenvalue weighted by atomic mass is 10.0. The molecule has 7 rings (SSSR count). The molecule has 0 spiro atoms. The van der Waals surface area contributed by atoms with Gasteiger partial charge in [0, 0.05) is 21.5 Å². The Hall–Kier alpha value is -3.52. The molecular weight excluding hydrogens is 388 g/mol. The van der Waals surface area contributed by atoms with Crippen LogP contribution < -0.4 is 0 Å². The maximum Gasteiger partial charge on any atom is 0.0786 e. The average molecular weight is 415 g/mol. The van der Waals surface area contributed by atoms with Crippen LogP contribution in [-0.2, 0) is 0 Å². The molecule has 32 heavy (non-hydrogen) atoms. The van der Waals surface area contributed by atoms with Crippen molar-refractivity contribution >= 4 is 54.6 Å². The second-order valence-electron chi connectivity index (χ2n) is 9.83. The summed E-state index contributed by atoms with van der Waals surface area (Å²) >= 11 is 0. The molecule has 0 unspecified atom stereocenters. The van der Waals surface area contributed by atoms with Crippen LogP contribution in [0.25, 0.3) is 54.6 Å². The number of aryl methyl sites for hydroxylation is 6. The van der Waals surface area contributed by atoms with Crippen molar-refractivity contribution in [3.63, 3.8) is 0 Å². The van der Waals surface area contributed by atoms with Gasteiger partial charge in [0.2, 0.25) is 0 Å². The van der Waals surface area contributed by atoms with E-state index in [-0.39, 0.29) is 0 Å². The maximum absolute atomic E-state index is 2.54. The standard InChI is InChI=1S/C30H26N2/c1-15-7-9-21-23(11-15)31-25-13-17(3)20(6)28-22-10-8-16(2)12-24(22)32(30(25)28)26-14-18(4)19(5)27(21)29(26)31/h7-14H,1-6H3. The van der Waals surface area contributed by atoms with E-state index < -0.39 is 0 Å². The predicted octanol–water partition coefficient (Wildman–Crippen LogP) is 8.09. The van der Waals surface area contributed by atoms with Gasteiger partial charge in [0.1, 0.15) is 0 Å². The van der Waals surface area contributed by atoms with Crippen molar-refractivity contribution in [1.29, 1.82) is 0 Å². The first kappa shape index (κ1) is 18.1. The van der Waals surface area contributed by atoms with Crippen LogP contribution in [0.2, 0.25) is 0 Å². The number of nitrogens with zero attached hydrogens (tertiary/aromatic N) is 2. The molecule has 0 aliphatic rings. The first-order valence-corrected chi connectivity index (χ1v) is 11.5. The Morgan fingerprint density at radius 1 is 0.469 bits per heavy atom. The van der Waals surface area contributed by atoms with Crippen molar-refractivity contribution in [1.82, 2.24) is 8.80 Å². The lowest BCUT2D eigenvalue weighted by Gasteiger charge is -2.15. The van der Waals surface area contributed by atoms with E-state index in [2.05, 4.69) is 98.9 Å².